The third-order valence-corrected chi connectivity index (χ3v) is 7.15. The molecule has 1 N–H and O–H groups in total. The summed E-state index contributed by atoms with van der Waals surface area (Å²) in [6.07, 6.45) is 3.42. The van der Waals surface area contributed by atoms with Crippen LogP contribution in [0, 0.1) is 5.92 Å². The average molecular weight is 422 g/mol. The molecule has 0 radical (unpaired) electrons. The van der Waals surface area contributed by atoms with Crippen molar-refractivity contribution in [1.82, 2.24) is 23.8 Å². The second kappa shape index (κ2) is 7.24. The maximum Gasteiger partial charge on any atom is 0.277 e. The van der Waals surface area contributed by atoms with Crippen LogP contribution in [0.4, 0.5) is 0 Å². The van der Waals surface area contributed by atoms with Gasteiger partial charge in [0.05, 0.1) is 24.1 Å². The molecule has 2 aliphatic heterocycles. The van der Waals surface area contributed by atoms with Crippen LogP contribution in [-0.4, -0.2) is 64.0 Å². The quantitative estimate of drug-likeness (QED) is 0.785. The number of piperidine rings is 1. The fourth-order valence-electron chi connectivity index (χ4n) is 4.26. The van der Waals surface area contributed by atoms with Crippen LogP contribution in [0.3, 0.4) is 0 Å². The smallest absolute Gasteiger partial charge is 0.277 e. The summed E-state index contributed by atoms with van der Waals surface area (Å²) >= 11 is 0. The molecule has 29 heavy (non-hydrogen) atoms. The van der Waals surface area contributed by atoms with Gasteiger partial charge in [0.25, 0.3) is 5.56 Å². The lowest BCUT2D eigenvalue weighted by atomic mass is 9.96. The zero-order valence-corrected chi connectivity index (χ0v) is 17.8. The Hall–Kier alpha value is -2.20. The summed E-state index contributed by atoms with van der Waals surface area (Å²) in [6.45, 7) is 5.48. The lowest BCUT2D eigenvalue weighted by molar-refractivity contribution is -0.135. The van der Waals surface area contributed by atoms with Crippen LogP contribution in [0.15, 0.2) is 10.9 Å². The van der Waals surface area contributed by atoms with E-state index < -0.39 is 10.0 Å². The standard InChI is InChI=1S/C19H27N5O4S/c1-12(2)18(25)22-8-6-15-14(11-22)19(26)24-17(20-15)9-16(21-24)13-5-4-7-23(10-13)29(3,27)28/h9,12-13,21H,4-8,10-11H2,1-3H3. The Morgan fingerprint density at radius 3 is 2.76 bits per heavy atom. The van der Waals surface area contributed by atoms with Gasteiger partial charge < -0.3 is 4.90 Å². The fraction of sp³-hybridized carbons (Fsp3) is 0.632. The first kappa shape index (κ1) is 20.1. The van der Waals surface area contributed by atoms with Crippen molar-refractivity contribution in [2.45, 2.75) is 45.6 Å². The van der Waals surface area contributed by atoms with E-state index in [0.29, 0.717) is 37.3 Å². The molecule has 2 aliphatic rings. The van der Waals surface area contributed by atoms with Crippen LogP contribution in [0.2, 0.25) is 0 Å². The van der Waals surface area contributed by atoms with Crippen molar-refractivity contribution >= 4 is 21.6 Å². The Kier molecular flexibility index (Phi) is 5.02. The number of fused-ring (bicyclic) bond motifs is 2. The molecular weight excluding hydrogens is 394 g/mol. The first-order valence-electron chi connectivity index (χ1n) is 10.0. The van der Waals surface area contributed by atoms with Gasteiger partial charge in [-0.25, -0.2) is 22.2 Å². The molecule has 9 nitrogen and oxygen atoms in total. The van der Waals surface area contributed by atoms with Crippen molar-refractivity contribution in [3.8, 4) is 0 Å². The molecule has 10 heteroatoms. The number of nitrogens with zero attached hydrogens (tertiary/aromatic N) is 4. The third-order valence-electron chi connectivity index (χ3n) is 5.88. The van der Waals surface area contributed by atoms with Gasteiger partial charge in [0.2, 0.25) is 15.9 Å². The molecule has 4 heterocycles. The number of hydrogen-bond acceptors (Lipinski definition) is 5. The molecule has 1 unspecified atom stereocenters. The van der Waals surface area contributed by atoms with Crippen LogP contribution in [-0.2, 0) is 27.8 Å². The zero-order chi connectivity index (χ0) is 20.9. The average Bonchev–Trinajstić information content (AvgIpc) is 3.11. The normalized spacial score (nSPS) is 21.0. The molecule has 4 rings (SSSR count). The van der Waals surface area contributed by atoms with Crippen LogP contribution in [0.1, 0.15) is 49.6 Å². The topological polar surface area (TPSA) is 108 Å². The van der Waals surface area contributed by atoms with E-state index in [4.69, 9.17) is 0 Å². The summed E-state index contributed by atoms with van der Waals surface area (Å²) in [4.78, 5) is 31.8. The largest absolute Gasteiger partial charge is 0.337 e. The van der Waals surface area contributed by atoms with E-state index in [1.807, 2.05) is 19.9 Å². The number of amides is 1. The summed E-state index contributed by atoms with van der Waals surface area (Å²) < 4.78 is 26.7. The SMILES string of the molecule is CC(C)C(=O)N1CCc2nc3cc(C4CCCN(S(C)(=O)=O)C4)[nH]n3c(=O)c2C1. The number of nitrogens with one attached hydrogen (secondary N) is 1. The molecule has 0 aromatic carbocycles. The van der Waals surface area contributed by atoms with Crippen molar-refractivity contribution in [3.63, 3.8) is 0 Å². The Morgan fingerprint density at radius 1 is 1.31 bits per heavy atom. The summed E-state index contributed by atoms with van der Waals surface area (Å²) in [7, 11) is -3.24. The minimum atomic E-state index is -3.24. The van der Waals surface area contributed by atoms with Gasteiger partial charge in [0.15, 0.2) is 5.65 Å². The fourth-order valence-corrected chi connectivity index (χ4v) is 5.17. The first-order valence-corrected chi connectivity index (χ1v) is 11.9. The molecule has 2 aromatic heterocycles. The van der Waals surface area contributed by atoms with Gasteiger partial charge >= 0.3 is 0 Å². The molecule has 1 amide bonds. The van der Waals surface area contributed by atoms with Gasteiger partial charge in [-0.2, -0.15) is 0 Å². The van der Waals surface area contributed by atoms with Gasteiger partial charge in [0, 0.05) is 49.7 Å². The maximum absolute atomic E-state index is 13.1. The monoisotopic (exact) mass is 421 g/mol. The van der Waals surface area contributed by atoms with E-state index in [1.165, 1.54) is 15.1 Å². The van der Waals surface area contributed by atoms with Crippen LogP contribution in [0.25, 0.3) is 5.65 Å². The summed E-state index contributed by atoms with van der Waals surface area (Å²) in [6, 6.07) is 1.85. The molecular formula is C19H27N5O4S. The number of aromatic amines is 1. The number of H-pyrrole nitrogens is 1. The molecule has 1 saturated heterocycles. The molecule has 158 valence electrons. The molecule has 0 bridgehead atoms. The number of carbonyl (C=O) groups is 1. The van der Waals surface area contributed by atoms with E-state index in [9.17, 15) is 18.0 Å². The minimum absolute atomic E-state index is 0.00406. The lowest BCUT2D eigenvalue weighted by Crippen LogP contribution is -2.42. The number of rotatable bonds is 3. The summed E-state index contributed by atoms with van der Waals surface area (Å²) in [5, 5.41) is 3.14. The van der Waals surface area contributed by atoms with Crippen molar-refractivity contribution < 1.29 is 13.2 Å². The summed E-state index contributed by atoms with van der Waals surface area (Å²) in [5.41, 5.74) is 2.48. The van der Waals surface area contributed by atoms with E-state index >= 15 is 0 Å². The predicted molar refractivity (Wildman–Crippen MR) is 108 cm³/mol. The van der Waals surface area contributed by atoms with Crippen molar-refractivity contribution in [2.24, 2.45) is 5.92 Å². The van der Waals surface area contributed by atoms with Crippen molar-refractivity contribution in [2.75, 3.05) is 25.9 Å². The first-order chi connectivity index (χ1) is 13.6. The minimum Gasteiger partial charge on any atom is -0.337 e. The number of sulfonamides is 1. The van der Waals surface area contributed by atoms with Crippen LogP contribution in [0.5, 0.6) is 0 Å². The maximum atomic E-state index is 13.1. The highest BCUT2D eigenvalue weighted by Gasteiger charge is 2.30. The number of hydrogen-bond donors (Lipinski definition) is 1. The summed E-state index contributed by atoms with van der Waals surface area (Å²) in [5.74, 6) is -0.0804. The molecule has 2 aromatic rings. The molecule has 0 aliphatic carbocycles. The van der Waals surface area contributed by atoms with E-state index in [1.54, 1.807) is 4.90 Å². The second-order valence-corrected chi connectivity index (χ2v) is 10.4. The Labute approximate surface area is 169 Å². The highest BCUT2D eigenvalue weighted by Crippen LogP contribution is 2.28. The van der Waals surface area contributed by atoms with E-state index in [2.05, 4.69) is 10.1 Å². The highest BCUT2D eigenvalue weighted by molar-refractivity contribution is 7.88. The second-order valence-electron chi connectivity index (χ2n) is 8.37. The molecule has 0 saturated carbocycles. The zero-order valence-electron chi connectivity index (χ0n) is 17.0. The van der Waals surface area contributed by atoms with Gasteiger partial charge in [-0.1, -0.05) is 13.8 Å². The van der Waals surface area contributed by atoms with Gasteiger partial charge in [0.1, 0.15) is 0 Å². The van der Waals surface area contributed by atoms with Gasteiger partial charge in [-0.05, 0) is 12.8 Å². The number of carbonyl (C=O) groups excluding carboxylic acids is 1. The van der Waals surface area contributed by atoms with Gasteiger partial charge in [-0.3, -0.25) is 14.7 Å². The van der Waals surface area contributed by atoms with Crippen LogP contribution >= 0.6 is 0 Å². The molecule has 1 atom stereocenters. The van der Waals surface area contributed by atoms with E-state index in [-0.39, 0.29) is 29.8 Å². The Bertz CT molecular complexity index is 1120. The van der Waals surface area contributed by atoms with Crippen LogP contribution < -0.4 is 5.56 Å². The van der Waals surface area contributed by atoms with E-state index in [0.717, 1.165) is 24.2 Å². The molecule has 1 fully saturated rings. The Balaban J connectivity index is 1.67. The Morgan fingerprint density at radius 2 is 2.07 bits per heavy atom. The van der Waals surface area contributed by atoms with Crippen molar-refractivity contribution in [1.29, 1.82) is 0 Å². The van der Waals surface area contributed by atoms with Gasteiger partial charge in [-0.15, -0.1) is 0 Å². The highest BCUT2D eigenvalue weighted by atomic mass is 32.2. The van der Waals surface area contributed by atoms with Crippen molar-refractivity contribution in [3.05, 3.63) is 33.4 Å². The third kappa shape index (κ3) is 3.71. The molecule has 0 spiro atoms. The lowest BCUT2D eigenvalue weighted by Gasteiger charge is -2.30. The predicted octanol–water partition coefficient (Wildman–Crippen LogP) is 0.702. The number of aromatic nitrogens is 3.